The lowest BCUT2D eigenvalue weighted by Crippen LogP contribution is -2.55. The van der Waals surface area contributed by atoms with Crippen molar-refractivity contribution in [2.45, 2.75) is 50.9 Å². The van der Waals surface area contributed by atoms with E-state index in [0.29, 0.717) is 38.0 Å². The first-order valence-corrected chi connectivity index (χ1v) is 14.9. The Hall–Kier alpha value is -4.04. The molecule has 0 fully saturated rings. The Bertz CT molecular complexity index is 1490. The number of aliphatic hydroxyl groups is 1. The van der Waals surface area contributed by atoms with E-state index in [1.54, 1.807) is 36.0 Å². The van der Waals surface area contributed by atoms with E-state index < -0.39 is 6.04 Å². The van der Waals surface area contributed by atoms with Crippen LogP contribution < -0.4 is 5.73 Å². The molecular formula is C36H43N3O4. The summed E-state index contributed by atoms with van der Waals surface area (Å²) in [7, 11) is 3.47. The van der Waals surface area contributed by atoms with Gasteiger partial charge in [0.05, 0.1) is 12.1 Å². The minimum atomic E-state index is -0.783. The van der Waals surface area contributed by atoms with Gasteiger partial charge in [0.1, 0.15) is 6.04 Å². The molecule has 4 rings (SSSR count). The number of likely N-dealkylation sites (N-methyl/N-ethyl adjacent to an activating group) is 2. The van der Waals surface area contributed by atoms with Gasteiger partial charge in [0.25, 0.3) is 5.91 Å². The molecule has 0 aliphatic carbocycles. The predicted molar refractivity (Wildman–Crippen MR) is 172 cm³/mol. The van der Waals surface area contributed by atoms with Crippen molar-refractivity contribution in [1.29, 1.82) is 0 Å². The van der Waals surface area contributed by atoms with Crippen LogP contribution in [0.5, 0.6) is 0 Å². The van der Waals surface area contributed by atoms with Crippen LogP contribution in [0.2, 0.25) is 0 Å². The monoisotopic (exact) mass is 581 g/mol. The summed E-state index contributed by atoms with van der Waals surface area (Å²) in [4.78, 5) is 31.7. The van der Waals surface area contributed by atoms with Gasteiger partial charge in [-0.3, -0.25) is 9.59 Å². The van der Waals surface area contributed by atoms with E-state index in [4.69, 9.17) is 10.5 Å². The summed E-state index contributed by atoms with van der Waals surface area (Å²) in [6, 6.07) is 30.3. The van der Waals surface area contributed by atoms with Gasteiger partial charge in [-0.05, 0) is 59.4 Å². The topological polar surface area (TPSA) is 96.1 Å². The van der Waals surface area contributed by atoms with Crippen LogP contribution >= 0.6 is 0 Å². The summed E-state index contributed by atoms with van der Waals surface area (Å²) in [5, 5.41) is 12.1. The highest BCUT2D eigenvalue weighted by atomic mass is 16.5. The van der Waals surface area contributed by atoms with E-state index in [9.17, 15) is 14.7 Å². The van der Waals surface area contributed by atoms with Gasteiger partial charge < -0.3 is 25.4 Å². The molecule has 0 aliphatic heterocycles. The zero-order chi connectivity index (χ0) is 30.8. The van der Waals surface area contributed by atoms with Crippen LogP contribution in [-0.4, -0.2) is 72.2 Å². The SMILES string of the molecule is CCOC(CCO)[C@@H](Cc1ccccc1)N(C)C(=O)[C@@H](Cc1ccc2ccccc2c1)N(C)C(=O)c1cccc(CN)c1. The fraction of sp³-hybridized carbons (Fsp3) is 0.333. The highest BCUT2D eigenvalue weighted by Crippen LogP contribution is 2.23. The minimum absolute atomic E-state index is 0.0611. The number of fused-ring (bicyclic) bond motifs is 1. The molecule has 3 atom stereocenters. The standard InChI is InChI=1S/C36H43N3O4/c1-4-43-34(19-20-40)32(23-26-11-6-5-7-12-26)38(2)36(42)33(24-27-17-18-29-14-8-9-15-30(29)21-27)39(3)35(41)31-16-10-13-28(22-31)25-37/h5-18,21-22,32-34,40H,4,19-20,23-25,37H2,1-3H3/t32-,33-,34?/m1/s1. The third kappa shape index (κ3) is 8.08. The molecule has 4 aromatic carbocycles. The molecule has 0 radical (unpaired) electrons. The Morgan fingerprint density at radius 2 is 1.49 bits per heavy atom. The highest BCUT2D eigenvalue weighted by molar-refractivity contribution is 5.97. The molecule has 1 unspecified atom stereocenters. The zero-order valence-corrected chi connectivity index (χ0v) is 25.4. The normalized spacial score (nSPS) is 13.3. The number of nitrogens with zero attached hydrogens (tertiary/aromatic N) is 2. The number of amides is 2. The predicted octanol–water partition coefficient (Wildman–Crippen LogP) is 4.84. The number of aliphatic hydroxyl groups excluding tert-OH is 1. The van der Waals surface area contributed by atoms with Gasteiger partial charge in [0.2, 0.25) is 5.91 Å². The Morgan fingerprint density at radius 3 is 2.19 bits per heavy atom. The Morgan fingerprint density at radius 1 is 0.791 bits per heavy atom. The van der Waals surface area contributed by atoms with Crippen molar-refractivity contribution in [2.75, 3.05) is 27.3 Å². The van der Waals surface area contributed by atoms with Crippen LogP contribution in [0, 0.1) is 0 Å². The first-order valence-electron chi connectivity index (χ1n) is 14.9. The van der Waals surface area contributed by atoms with Gasteiger partial charge >= 0.3 is 0 Å². The summed E-state index contributed by atoms with van der Waals surface area (Å²) in [6.45, 7) is 2.62. The molecule has 0 saturated carbocycles. The van der Waals surface area contributed by atoms with Gasteiger partial charge in [-0.25, -0.2) is 0 Å². The quantitative estimate of drug-likeness (QED) is 0.222. The molecule has 226 valence electrons. The van der Waals surface area contributed by atoms with Crippen LogP contribution in [0.3, 0.4) is 0 Å². The van der Waals surface area contributed by atoms with E-state index in [-0.39, 0.29) is 30.6 Å². The average Bonchev–Trinajstić information content (AvgIpc) is 3.05. The maximum absolute atomic E-state index is 14.6. The van der Waals surface area contributed by atoms with Gasteiger partial charge in [0.15, 0.2) is 0 Å². The van der Waals surface area contributed by atoms with E-state index in [1.165, 1.54) is 0 Å². The third-order valence-corrected chi connectivity index (χ3v) is 8.08. The molecule has 0 aliphatic rings. The second-order valence-electron chi connectivity index (χ2n) is 10.9. The second kappa shape index (κ2) is 15.4. The summed E-state index contributed by atoms with van der Waals surface area (Å²) < 4.78 is 6.09. The maximum Gasteiger partial charge on any atom is 0.254 e. The molecular weight excluding hydrogens is 538 g/mol. The van der Waals surface area contributed by atoms with E-state index >= 15 is 0 Å². The molecule has 3 N–H and O–H groups in total. The third-order valence-electron chi connectivity index (χ3n) is 8.08. The Kier molecular flexibility index (Phi) is 11.4. The number of nitrogens with two attached hydrogens (primary N) is 1. The average molecular weight is 582 g/mol. The van der Waals surface area contributed by atoms with Crippen LogP contribution in [-0.2, 0) is 28.9 Å². The molecule has 2 amide bonds. The lowest BCUT2D eigenvalue weighted by Gasteiger charge is -2.38. The van der Waals surface area contributed by atoms with Crippen LogP contribution in [0.4, 0.5) is 0 Å². The summed E-state index contributed by atoms with van der Waals surface area (Å²) >= 11 is 0. The first kappa shape index (κ1) is 31.9. The van der Waals surface area contributed by atoms with Crippen molar-refractivity contribution in [2.24, 2.45) is 5.73 Å². The minimum Gasteiger partial charge on any atom is -0.396 e. The van der Waals surface area contributed by atoms with Crippen molar-refractivity contribution < 1.29 is 19.4 Å². The van der Waals surface area contributed by atoms with Crippen LogP contribution in [0.15, 0.2) is 97.1 Å². The van der Waals surface area contributed by atoms with Crippen molar-refractivity contribution in [3.05, 3.63) is 119 Å². The molecule has 0 spiro atoms. The first-order chi connectivity index (χ1) is 20.9. The molecule has 0 saturated heterocycles. The number of hydrogen-bond acceptors (Lipinski definition) is 5. The fourth-order valence-electron chi connectivity index (χ4n) is 5.66. The number of ether oxygens (including phenoxy) is 1. The number of carbonyl (C=O) groups is 2. The van der Waals surface area contributed by atoms with Crippen molar-refractivity contribution >= 4 is 22.6 Å². The fourth-order valence-corrected chi connectivity index (χ4v) is 5.66. The molecule has 43 heavy (non-hydrogen) atoms. The summed E-state index contributed by atoms with van der Waals surface area (Å²) in [5.74, 6) is -0.443. The van der Waals surface area contributed by atoms with Crippen LogP contribution in [0.1, 0.15) is 40.4 Å². The zero-order valence-electron chi connectivity index (χ0n) is 25.4. The number of carbonyl (C=O) groups excluding carboxylic acids is 2. The number of rotatable bonds is 14. The van der Waals surface area contributed by atoms with Gasteiger partial charge in [-0.2, -0.15) is 0 Å². The van der Waals surface area contributed by atoms with E-state index in [1.807, 2.05) is 79.7 Å². The molecule has 7 heteroatoms. The van der Waals surface area contributed by atoms with E-state index in [0.717, 1.165) is 27.5 Å². The summed E-state index contributed by atoms with van der Waals surface area (Å²) in [6.07, 6.45) is 0.892. The van der Waals surface area contributed by atoms with Gasteiger partial charge in [-0.1, -0.05) is 84.9 Å². The van der Waals surface area contributed by atoms with Crippen molar-refractivity contribution in [1.82, 2.24) is 9.80 Å². The van der Waals surface area contributed by atoms with Gasteiger partial charge in [-0.15, -0.1) is 0 Å². The van der Waals surface area contributed by atoms with Gasteiger partial charge in [0, 0.05) is 45.8 Å². The number of hydrogen-bond donors (Lipinski definition) is 2. The molecule has 0 aromatic heterocycles. The summed E-state index contributed by atoms with van der Waals surface area (Å²) in [5.41, 5.74) is 9.20. The Labute approximate surface area is 254 Å². The molecule has 7 nitrogen and oxygen atoms in total. The highest BCUT2D eigenvalue weighted by Gasteiger charge is 2.36. The smallest absolute Gasteiger partial charge is 0.254 e. The molecule has 0 bridgehead atoms. The molecule has 4 aromatic rings. The van der Waals surface area contributed by atoms with E-state index in [2.05, 4.69) is 12.1 Å². The molecule has 0 heterocycles. The largest absolute Gasteiger partial charge is 0.396 e. The number of benzene rings is 4. The lowest BCUT2D eigenvalue weighted by molar-refractivity contribution is -0.140. The Balaban J connectivity index is 1.72. The van der Waals surface area contributed by atoms with Crippen LogP contribution in [0.25, 0.3) is 10.8 Å². The lowest BCUT2D eigenvalue weighted by atomic mass is 9.95. The van der Waals surface area contributed by atoms with Crippen molar-refractivity contribution in [3.8, 4) is 0 Å². The van der Waals surface area contributed by atoms with Crippen molar-refractivity contribution in [3.63, 3.8) is 0 Å². The second-order valence-corrected chi connectivity index (χ2v) is 10.9. The maximum atomic E-state index is 14.6.